The second kappa shape index (κ2) is 9.14. The van der Waals surface area contributed by atoms with Crippen LogP contribution < -0.4 is 18.9 Å². The van der Waals surface area contributed by atoms with Crippen molar-refractivity contribution in [2.75, 3.05) is 28.4 Å². The normalized spacial score (nSPS) is 11.9. The molecule has 0 bridgehead atoms. The average molecular weight is 499 g/mol. The second-order valence-corrected chi connectivity index (χ2v) is 7.99. The van der Waals surface area contributed by atoms with Crippen LogP contribution in [0.15, 0.2) is 63.5 Å². The number of fused-ring (bicyclic) bond motifs is 1. The zero-order chi connectivity index (χ0) is 22.8. The van der Waals surface area contributed by atoms with Crippen molar-refractivity contribution in [2.45, 2.75) is 6.10 Å². The van der Waals surface area contributed by atoms with Gasteiger partial charge in [-0.15, -0.1) is 0 Å². The molecule has 166 valence electrons. The predicted molar refractivity (Wildman–Crippen MR) is 126 cm³/mol. The number of ether oxygens (including phenoxy) is 4. The third kappa shape index (κ3) is 3.89. The lowest BCUT2D eigenvalue weighted by Crippen LogP contribution is -2.03. The molecule has 4 rings (SSSR count). The molecule has 0 amide bonds. The first-order chi connectivity index (χ1) is 15.5. The largest absolute Gasteiger partial charge is 0.497 e. The highest BCUT2D eigenvalue weighted by Gasteiger charge is 2.26. The van der Waals surface area contributed by atoms with Crippen LogP contribution in [-0.2, 0) is 0 Å². The van der Waals surface area contributed by atoms with Crippen LogP contribution in [0.25, 0.3) is 22.3 Å². The minimum Gasteiger partial charge on any atom is -0.497 e. The van der Waals surface area contributed by atoms with Gasteiger partial charge in [0.2, 0.25) is 5.75 Å². The highest BCUT2D eigenvalue weighted by atomic mass is 79.9. The van der Waals surface area contributed by atoms with E-state index in [1.807, 2.05) is 42.5 Å². The fourth-order valence-electron chi connectivity index (χ4n) is 3.74. The van der Waals surface area contributed by atoms with Crippen LogP contribution in [0.4, 0.5) is 0 Å². The van der Waals surface area contributed by atoms with E-state index in [-0.39, 0.29) is 0 Å². The summed E-state index contributed by atoms with van der Waals surface area (Å²) in [5.41, 5.74) is 2.71. The topological polar surface area (TPSA) is 70.3 Å². The Morgan fingerprint density at radius 2 is 1.47 bits per heavy atom. The molecule has 0 saturated carbocycles. The van der Waals surface area contributed by atoms with Crippen molar-refractivity contribution in [1.82, 2.24) is 0 Å². The maximum Gasteiger partial charge on any atom is 0.203 e. The lowest BCUT2D eigenvalue weighted by Gasteiger charge is -2.18. The smallest absolute Gasteiger partial charge is 0.203 e. The van der Waals surface area contributed by atoms with Gasteiger partial charge in [0.05, 0.1) is 28.4 Å². The Hall–Kier alpha value is -3.16. The van der Waals surface area contributed by atoms with Gasteiger partial charge in [-0.25, -0.2) is 0 Å². The minimum atomic E-state index is -1.02. The summed E-state index contributed by atoms with van der Waals surface area (Å²) in [6, 6.07) is 16.7. The number of halogens is 1. The van der Waals surface area contributed by atoms with Crippen molar-refractivity contribution in [2.24, 2.45) is 0 Å². The predicted octanol–water partition coefficient (Wildman–Crippen LogP) is 5.98. The average Bonchev–Trinajstić information content (AvgIpc) is 3.21. The summed E-state index contributed by atoms with van der Waals surface area (Å²) in [5.74, 6) is 2.68. The van der Waals surface area contributed by atoms with Crippen molar-refractivity contribution in [3.63, 3.8) is 0 Å². The highest BCUT2D eigenvalue weighted by molar-refractivity contribution is 9.10. The molecule has 0 radical (unpaired) electrons. The molecule has 1 heterocycles. The molecule has 0 spiro atoms. The Balaban J connectivity index is 1.93. The summed E-state index contributed by atoms with van der Waals surface area (Å²) in [4.78, 5) is 0. The van der Waals surface area contributed by atoms with Crippen LogP contribution in [0.3, 0.4) is 0 Å². The first kappa shape index (κ1) is 22.0. The molecule has 6 nitrogen and oxygen atoms in total. The number of hydrogen-bond acceptors (Lipinski definition) is 6. The van der Waals surface area contributed by atoms with Crippen LogP contribution in [0, 0.1) is 0 Å². The number of furan rings is 1. The number of benzene rings is 3. The SMILES string of the molecule is COc1ccc(-c2oc3ccc(Br)cc3c2C(O)c2cc(OC)c(OC)c(OC)c2)cc1. The van der Waals surface area contributed by atoms with E-state index in [1.165, 1.54) is 0 Å². The molecule has 3 aromatic carbocycles. The van der Waals surface area contributed by atoms with E-state index in [4.69, 9.17) is 23.4 Å². The summed E-state index contributed by atoms with van der Waals surface area (Å²) in [5, 5.41) is 12.4. The molecule has 32 heavy (non-hydrogen) atoms. The van der Waals surface area contributed by atoms with Crippen molar-refractivity contribution >= 4 is 26.9 Å². The van der Waals surface area contributed by atoms with Crippen LogP contribution in [-0.4, -0.2) is 33.5 Å². The Morgan fingerprint density at radius 1 is 0.812 bits per heavy atom. The summed E-state index contributed by atoms with van der Waals surface area (Å²) in [6.07, 6.45) is -1.02. The molecule has 0 aliphatic heterocycles. The lowest BCUT2D eigenvalue weighted by atomic mass is 9.95. The zero-order valence-corrected chi connectivity index (χ0v) is 19.7. The first-order valence-corrected chi connectivity index (χ1v) is 10.6. The Morgan fingerprint density at radius 3 is 2.03 bits per heavy atom. The van der Waals surface area contributed by atoms with Crippen LogP contribution in [0.1, 0.15) is 17.2 Å². The van der Waals surface area contributed by atoms with Gasteiger partial charge in [0.1, 0.15) is 23.2 Å². The highest BCUT2D eigenvalue weighted by Crippen LogP contribution is 2.45. The van der Waals surface area contributed by atoms with Crippen LogP contribution in [0.2, 0.25) is 0 Å². The van der Waals surface area contributed by atoms with Crippen molar-refractivity contribution in [3.05, 3.63) is 70.2 Å². The van der Waals surface area contributed by atoms with Gasteiger partial charge in [0.25, 0.3) is 0 Å². The zero-order valence-electron chi connectivity index (χ0n) is 18.1. The molecule has 7 heteroatoms. The quantitative estimate of drug-likeness (QED) is 0.338. The maximum absolute atomic E-state index is 11.6. The molecule has 0 aliphatic carbocycles. The lowest BCUT2D eigenvalue weighted by molar-refractivity contribution is 0.219. The third-order valence-electron chi connectivity index (χ3n) is 5.32. The fraction of sp³-hybridized carbons (Fsp3) is 0.200. The number of methoxy groups -OCH3 is 4. The molecule has 1 atom stereocenters. The summed E-state index contributed by atoms with van der Waals surface area (Å²) in [7, 11) is 6.24. The van der Waals surface area contributed by atoms with Gasteiger partial charge >= 0.3 is 0 Å². The van der Waals surface area contributed by atoms with Crippen molar-refractivity contribution in [1.29, 1.82) is 0 Å². The van der Waals surface area contributed by atoms with Gasteiger partial charge in [-0.1, -0.05) is 15.9 Å². The van der Waals surface area contributed by atoms with E-state index in [2.05, 4.69) is 15.9 Å². The van der Waals surface area contributed by atoms with Crippen molar-refractivity contribution < 1.29 is 28.5 Å². The molecular formula is C25H23BrO6. The Labute approximate surface area is 194 Å². The van der Waals surface area contributed by atoms with Gasteiger partial charge in [-0.2, -0.15) is 0 Å². The minimum absolute atomic E-state index is 0.459. The molecule has 0 saturated heterocycles. The Bertz CT molecular complexity index is 1220. The van der Waals surface area contributed by atoms with E-state index < -0.39 is 6.10 Å². The number of aliphatic hydroxyl groups is 1. The summed E-state index contributed by atoms with van der Waals surface area (Å²) < 4.78 is 28.7. The number of aliphatic hydroxyl groups excluding tert-OH is 1. The van der Waals surface area contributed by atoms with E-state index in [1.54, 1.807) is 40.6 Å². The first-order valence-electron chi connectivity index (χ1n) is 9.85. The standard InChI is InChI=1S/C25H23BrO6/c1-28-17-8-5-14(6-9-17)24-22(18-13-16(26)7-10-19(18)32-24)23(27)15-11-20(29-2)25(31-4)21(12-15)30-3/h5-13,23,27H,1-4H3. The number of hydrogen-bond donors (Lipinski definition) is 1. The molecule has 0 fully saturated rings. The molecule has 0 aliphatic rings. The van der Waals surface area contributed by atoms with Crippen LogP contribution >= 0.6 is 15.9 Å². The molecule has 1 aromatic heterocycles. The monoisotopic (exact) mass is 498 g/mol. The van der Waals surface area contributed by atoms with E-state index >= 15 is 0 Å². The molecule has 1 unspecified atom stereocenters. The molecular weight excluding hydrogens is 476 g/mol. The van der Waals surface area contributed by atoms with Crippen molar-refractivity contribution in [3.8, 4) is 34.3 Å². The molecule has 4 aromatic rings. The summed E-state index contributed by atoms with van der Waals surface area (Å²) in [6.45, 7) is 0. The molecule has 1 N–H and O–H groups in total. The number of rotatable bonds is 7. The second-order valence-electron chi connectivity index (χ2n) is 7.08. The maximum atomic E-state index is 11.6. The van der Waals surface area contributed by atoms with E-state index in [0.717, 1.165) is 21.2 Å². The van der Waals surface area contributed by atoms with Gasteiger partial charge < -0.3 is 28.5 Å². The van der Waals surface area contributed by atoms with Crippen LogP contribution in [0.5, 0.6) is 23.0 Å². The van der Waals surface area contributed by atoms with E-state index in [9.17, 15) is 5.11 Å². The van der Waals surface area contributed by atoms with Gasteiger partial charge in [-0.3, -0.25) is 0 Å². The van der Waals surface area contributed by atoms with Gasteiger partial charge in [0, 0.05) is 21.0 Å². The third-order valence-corrected chi connectivity index (χ3v) is 5.81. The summed E-state index contributed by atoms with van der Waals surface area (Å²) >= 11 is 3.52. The van der Waals surface area contributed by atoms with E-state index in [0.29, 0.717) is 39.7 Å². The Kier molecular flexibility index (Phi) is 6.30. The van der Waals surface area contributed by atoms with Gasteiger partial charge in [-0.05, 0) is 60.2 Å². The van der Waals surface area contributed by atoms with Gasteiger partial charge in [0.15, 0.2) is 11.5 Å². The fourth-order valence-corrected chi connectivity index (χ4v) is 4.10.